The van der Waals surface area contributed by atoms with E-state index in [1.165, 1.54) is 10.4 Å². The van der Waals surface area contributed by atoms with Crippen molar-refractivity contribution in [3.8, 4) is 0 Å². The van der Waals surface area contributed by atoms with E-state index in [0.29, 0.717) is 23.5 Å². The van der Waals surface area contributed by atoms with Crippen molar-refractivity contribution in [3.63, 3.8) is 0 Å². The molecule has 22 heavy (non-hydrogen) atoms. The summed E-state index contributed by atoms with van der Waals surface area (Å²) in [6.07, 6.45) is 0.870. The maximum Gasteiger partial charge on any atom is 0.245 e. The predicted octanol–water partition coefficient (Wildman–Crippen LogP) is 2.14. The first-order valence-corrected chi connectivity index (χ1v) is 9.89. The number of rotatable bonds is 3. The third-order valence-electron chi connectivity index (χ3n) is 4.04. The molecule has 2 saturated heterocycles. The van der Waals surface area contributed by atoms with Crippen molar-refractivity contribution >= 4 is 57.0 Å². The predicted molar refractivity (Wildman–Crippen MR) is 93.2 cm³/mol. The number of halogens is 3. The van der Waals surface area contributed by atoms with Crippen LogP contribution >= 0.6 is 46.9 Å². The maximum atomic E-state index is 12.7. The molecule has 10 heteroatoms. The van der Waals surface area contributed by atoms with E-state index in [1.54, 1.807) is 0 Å². The lowest BCUT2D eigenvalue weighted by Crippen LogP contribution is -2.49. The molecule has 2 aliphatic heterocycles. The summed E-state index contributed by atoms with van der Waals surface area (Å²) in [5.74, 6) is 0. The second-order valence-corrected chi connectivity index (χ2v) is 9.47. The Morgan fingerprint density at radius 2 is 1.91 bits per heavy atom. The summed E-state index contributed by atoms with van der Waals surface area (Å²) < 4.78 is 27.5. The van der Waals surface area contributed by atoms with E-state index in [-0.39, 0.29) is 21.6 Å². The summed E-state index contributed by atoms with van der Waals surface area (Å²) in [5, 5.41) is 3.31. The average molecular weight is 407 g/mol. The summed E-state index contributed by atoms with van der Waals surface area (Å²) in [5.41, 5.74) is 0. The van der Waals surface area contributed by atoms with E-state index in [1.807, 2.05) is 0 Å². The molecule has 0 aliphatic carbocycles. The molecule has 0 saturated carbocycles. The van der Waals surface area contributed by atoms with Crippen LogP contribution in [-0.2, 0) is 10.0 Å². The van der Waals surface area contributed by atoms with Gasteiger partial charge >= 0.3 is 0 Å². The van der Waals surface area contributed by atoms with Crippen molar-refractivity contribution in [2.75, 3.05) is 39.3 Å². The Hall–Kier alpha value is 0.400. The molecule has 126 valence electrons. The molecule has 0 aromatic carbocycles. The van der Waals surface area contributed by atoms with Crippen LogP contribution in [-0.4, -0.2) is 62.9 Å². The topological polar surface area (TPSA) is 52.7 Å². The molecule has 0 spiro atoms. The van der Waals surface area contributed by atoms with Crippen LogP contribution in [0.25, 0.3) is 0 Å². The van der Waals surface area contributed by atoms with Crippen LogP contribution in [0.1, 0.15) is 6.42 Å². The summed E-state index contributed by atoms with van der Waals surface area (Å²) in [7, 11) is -3.54. The fourth-order valence-corrected chi connectivity index (χ4v) is 6.52. The zero-order valence-electron chi connectivity index (χ0n) is 11.8. The molecule has 1 unspecified atom stereocenters. The first-order chi connectivity index (χ1) is 9.98. The minimum Gasteiger partial charge on any atom is -0.314 e. The summed E-state index contributed by atoms with van der Waals surface area (Å²) in [6.45, 7) is 4.96. The maximum absolute atomic E-state index is 12.7. The van der Waals surface area contributed by atoms with Crippen molar-refractivity contribution in [2.24, 2.45) is 0 Å². The zero-order chi connectivity index (χ0) is 15.0. The lowest BCUT2D eigenvalue weighted by atomic mass is 10.2. The largest absolute Gasteiger partial charge is 0.314 e. The Balaban J connectivity index is 0.00000176. The van der Waals surface area contributed by atoms with Crippen LogP contribution in [0.3, 0.4) is 0 Å². The molecule has 3 heterocycles. The number of hydrogen-bond donors (Lipinski definition) is 1. The molecule has 5 nitrogen and oxygen atoms in total. The van der Waals surface area contributed by atoms with E-state index in [4.69, 9.17) is 23.2 Å². The molecule has 2 fully saturated rings. The molecule has 3 rings (SSSR count). The van der Waals surface area contributed by atoms with Gasteiger partial charge in [0, 0.05) is 45.3 Å². The number of sulfonamides is 1. The zero-order valence-corrected chi connectivity index (χ0v) is 15.8. The van der Waals surface area contributed by atoms with Crippen LogP contribution in [0.4, 0.5) is 0 Å². The standard InChI is InChI=1S/C12H17Cl2N3O2S2.ClH/c13-11-7-10(12(14)20-11)21(18,19)17-4-1-9(8-17)16-5-2-15-3-6-16;/h7,9,15H,1-6,8H2;1H. The molecule has 1 aromatic rings. The highest BCUT2D eigenvalue weighted by Crippen LogP contribution is 2.36. The smallest absolute Gasteiger partial charge is 0.245 e. The normalized spacial score (nSPS) is 24.4. The summed E-state index contributed by atoms with van der Waals surface area (Å²) >= 11 is 13.0. The van der Waals surface area contributed by atoms with E-state index < -0.39 is 10.0 Å². The molecular weight excluding hydrogens is 389 g/mol. The van der Waals surface area contributed by atoms with Crippen molar-refractivity contribution in [1.29, 1.82) is 0 Å². The van der Waals surface area contributed by atoms with Gasteiger partial charge in [-0.1, -0.05) is 23.2 Å². The number of nitrogens with zero attached hydrogens (tertiary/aromatic N) is 2. The lowest BCUT2D eigenvalue weighted by Gasteiger charge is -2.32. The fourth-order valence-electron chi connectivity index (χ4n) is 2.91. The number of thiophene rings is 1. The molecular formula is C12H18Cl3N3O2S2. The van der Waals surface area contributed by atoms with Gasteiger partial charge in [0.15, 0.2) is 0 Å². The van der Waals surface area contributed by atoms with Gasteiger partial charge in [0.2, 0.25) is 10.0 Å². The second kappa shape index (κ2) is 7.53. The van der Waals surface area contributed by atoms with Crippen LogP contribution in [0, 0.1) is 0 Å². The lowest BCUT2D eigenvalue weighted by molar-refractivity contribution is 0.179. The highest BCUT2D eigenvalue weighted by molar-refractivity contribution is 7.89. The van der Waals surface area contributed by atoms with Crippen LogP contribution in [0.5, 0.6) is 0 Å². The molecule has 2 aliphatic rings. The Kier molecular flexibility index (Phi) is 6.41. The van der Waals surface area contributed by atoms with E-state index in [2.05, 4.69) is 10.2 Å². The average Bonchev–Trinajstić information content (AvgIpc) is 3.07. The molecule has 0 radical (unpaired) electrons. The van der Waals surface area contributed by atoms with E-state index in [0.717, 1.165) is 43.9 Å². The van der Waals surface area contributed by atoms with Crippen LogP contribution in [0.15, 0.2) is 11.0 Å². The van der Waals surface area contributed by atoms with Gasteiger partial charge in [0.05, 0.1) is 4.34 Å². The number of nitrogens with one attached hydrogen (secondary N) is 1. The molecule has 0 amide bonds. The van der Waals surface area contributed by atoms with Gasteiger partial charge in [-0.2, -0.15) is 4.31 Å². The van der Waals surface area contributed by atoms with Gasteiger partial charge in [-0.15, -0.1) is 23.7 Å². The quantitative estimate of drug-likeness (QED) is 0.835. The van der Waals surface area contributed by atoms with Gasteiger partial charge in [0.25, 0.3) is 0 Å². The fraction of sp³-hybridized carbons (Fsp3) is 0.667. The van der Waals surface area contributed by atoms with Gasteiger partial charge in [-0.25, -0.2) is 8.42 Å². The minimum atomic E-state index is -3.54. The molecule has 1 atom stereocenters. The van der Waals surface area contributed by atoms with Crippen LogP contribution < -0.4 is 5.32 Å². The summed E-state index contributed by atoms with van der Waals surface area (Å²) in [6, 6.07) is 1.75. The Labute approximate surface area is 151 Å². The number of piperazine rings is 1. The first kappa shape index (κ1) is 18.7. The molecule has 1 N–H and O–H groups in total. The van der Waals surface area contributed by atoms with Crippen molar-refractivity contribution in [1.82, 2.24) is 14.5 Å². The number of hydrogen-bond acceptors (Lipinski definition) is 5. The third-order valence-corrected chi connectivity index (χ3v) is 7.66. The van der Waals surface area contributed by atoms with Crippen molar-refractivity contribution in [2.45, 2.75) is 17.4 Å². The van der Waals surface area contributed by atoms with Crippen molar-refractivity contribution < 1.29 is 8.42 Å². The van der Waals surface area contributed by atoms with Crippen LogP contribution in [0.2, 0.25) is 8.67 Å². The SMILES string of the molecule is Cl.O=S(=O)(c1cc(Cl)sc1Cl)N1CCC(N2CCNCC2)C1. The Morgan fingerprint density at radius 3 is 2.50 bits per heavy atom. The third kappa shape index (κ3) is 3.72. The first-order valence-electron chi connectivity index (χ1n) is 6.88. The monoisotopic (exact) mass is 405 g/mol. The minimum absolute atomic E-state index is 0. The van der Waals surface area contributed by atoms with Gasteiger partial charge < -0.3 is 5.32 Å². The summed E-state index contributed by atoms with van der Waals surface area (Å²) in [4.78, 5) is 2.51. The Morgan fingerprint density at radius 1 is 1.23 bits per heavy atom. The highest BCUT2D eigenvalue weighted by atomic mass is 35.5. The van der Waals surface area contributed by atoms with Gasteiger partial charge in [-0.3, -0.25) is 4.90 Å². The van der Waals surface area contributed by atoms with Gasteiger partial charge in [0.1, 0.15) is 9.23 Å². The van der Waals surface area contributed by atoms with Gasteiger partial charge in [-0.05, 0) is 12.5 Å². The van der Waals surface area contributed by atoms with E-state index >= 15 is 0 Å². The Bertz CT molecular complexity index is 617. The van der Waals surface area contributed by atoms with E-state index in [9.17, 15) is 8.42 Å². The highest BCUT2D eigenvalue weighted by Gasteiger charge is 2.37. The van der Waals surface area contributed by atoms with Crippen molar-refractivity contribution in [3.05, 3.63) is 14.7 Å². The molecule has 1 aromatic heterocycles. The second-order valence-electron chi connectivity index (χ2n) is 5.28. The molecule has 0 bridgehead atoms.